The first-order valence-electron chi connectivity index (χ1n) is 5.50. The molecule has 0 aliphatic heterocycles. The molecule has 2 N–H and O–H groups in total. The van der Waals surface area contributed by atoms with Crippen LogP contribution in [0.1, 0.15) is 25.6 Å². The van der Waals surface area contributed by atoms with Gasteiger partial charge in [0.05, 0.1) is 5.69 Å². The van der Waals surface area contributed by atoms with E-state index in [0.717, 1.165) is 22.5 Å². The minimum absolute atomic E-state index is 0.373. The third-order valence-electron chi connectivity index (χ3n) is 2.70. The summed E-state index contributed by atoms with van der Waals surface area (Å²) in [5, 5.41) is 4.49. The molecule has 0 aliphatic rings. The summed E-state index contributed by atoms with van der Waals surface area (Å²) in [6.07, 6.45) is 2.06. The molecule has 0 bridgehead atoms. The fourth-order valence-corrected chi connectivity index (χ4v) is 1.75. The summed E-state index contributed by atoms with van der Waals surface area (Å²) in [4.78, 5) is 0. The van der Waals surface area contributed by atoms with E-state index in [-0.39, 0.29) is 0 Å². The molecule has 84 valence electrons. The standard InChI is InChI=1S/C13H17N3/c1-9(2)16-8-12(10(3)15-16)11-6-4-5-7-13(11)14/h4-9H,14H2,1-3H3. The second-order valence-corrected chi connectivity index (χ2v) is 4.29. The fraction of sp³-hybridized carbons (Fsp3) is 0.308. The molecule has 1 heterocycles. The Balaban J connectivity index is 2.52. The minimum Gasteiger partial charge on any atom is -0.398 e. The first kappa shape index (κ1) is 10.7. The normalized spacial score (nSPS) is 11.0. The van der Waals surface area contributed by atoms with Gasteiger partial charge in [0, 0.05) is 29.1 Å². The van der Waals surface area contributed by atoms with Crippen molar-refractivity contribution in [3.05, 3.63) is 36.2 Å². The maximum atomic E-state index is 5.97. The summed E-state index contributed by atoms with van der Waals surface area (Å²) >= 11 is 0. The van der Waals surface area contributed by atoms with Crippen LogP contribution in [0.4, 0.5) is 5.69 Å². The molecule has 0 fully saturated rings. The third kappa shape index (κ3) is 1.81. The highest BCUT2D eigenvalue weighted by molar-refractivity contribution is 5.77. The van der Waals surface area contributed by atoms with E-state index in [0.29, 0.717) is 6.04 Å². The number of hydrogen-bond donors (Lipinski definition) is 1. The van der Waals surface area contributed by atoms with Gasteiger partial charge < -0.3 is 5.73 Å². The molecule has 16 heavy (non-hydrogen) atoms. The predicted molar refractivity (Wildman–Crippen MR) is 67.2 cm³/mol. The van der Waals surface area contributed by atoms with Crippen molar-refractivity contribution in [3.8, 4) is 11.1 Å². The molecule has 0 saturated heterocycles. The number of nitrogen functional groups attached to an aromatic ring is 1. The van der Waals surface area contributed by atoms with Gasteiger partial charge in [-0.15, -0.1) is 0 Å². The number of nitrogens with zero attached hydrogens (tertiary/aromatic N) is 2. The maximum Gasteiger partial charge on any atom is 0.0672 e. The Labute approximate surface area is 95.9 Å². The number of nitrogens with two attached hydrogens (primary N) is 1. The van der Waals surface area contributed by atoms with Gasteiger partial charge in [0.25, 0.3) is 0 Å². The average Bonchev–Trinajstić information content (AvgIpc) is 2.61. The highest BCUT2D eigenvalue weighted by Gasteiger charge is 2.10. The maximum absolute atomic E-state index is 5.97. The average molecular weight is 215 g/mol. The number of hydrogen-bond acceptors (Lipinski definition) is 2. The molecule has 2 aromatic rings. The third-order valence-corrected chi connectivity index (χ3v) is 2.70. The van der Waals surface area contributed by atoms with E-state index in [9.17, 15) is 0 Å². The lowest BCUT2D eigenvalue weighted by atomic mass is 10.1. The van der Waals surface area contributed by atoms with Crippen molar-refractivity contribution in [1.29, 1.82) is 0 Å². The Bertz CT molecular complexity index is 498. The Kier molecular flexibility index (Phi) is 2.69. The highest BCUT2D eigenvalue weighted by atomic mass is 15.3. The predicted octanol–water partition coefficient (Wildman–Crippen LogP) is 3.02. The lowest BCUT2D eigenvalue weighted by Crippen LogP contribution is -2.00. The van der Waals surface area contributed by atoms with Crippen LogP contribution >= 0.6 is 0 Å². The Morgan fingerprint density at radius 2 is 1.88 bits per heavy atom. The Hall–Kier alpha value is -1.77. The van der Waals surface area contributed by atoms with E-state index in [4.69, 9.17) is 5.73 Å². The van der Waals surface area contributed by atoms with Gasteiger partial charge in [-0.2, -0.15) is 5.10 Å². The molecular weight excluding hydrogens is 198 g/mol. The highest BCUT2D eigenvalue weighted by Crippen LogP contribution is 2.28. The van der Waals surface area contributed by atoms with Gasteiger partial charge in [-0.05, 0) is 26.8 Å². The molecule has 0 atom stereocenters. The molecule has 0 saturated carbocycles. The van der Waals surface area contributed by atoms with Crippen LogP contribution in [0.2, 0.25) is 0 Å². The number of rotatable bonds is 2. The van der Waals surface area contributed by atoms with Crippen molar-refractivity contribution in [1.82, 2.24) is 9.78 Å². The molecule has 0 radical (unpaired) electrons. The van der Waals surface area contributed by atoms with Crippen LogP contribution in [0.25, 0.3) is 11.1 Å². The van der Waals surface area contributed by atoms with Crippen molar-refractivity contribution in [3.63, 3.8) is 0 Å². The quantitative estimate of drug-likeness (QED) is 0.782. The number of aromatic nitrogens is 2. The van der Waals surface area contributed by atoms with Crippen LogP contribution in [-0.4, -0.2) is 9.78 Å². The van der Waals surface area contributed by atoms with Crippen molar-refractivity contribution < 1.29 is 0 Å². The van der Waals surface area contributed by atoms with Crippen LogP contribution in [-0.2, 0) is 0 Å². The summed E-state index contributed by atoms with van der Waals surface area (Å²) < 4.78 is 1.97. The van der Waals surface area contributed by atoms with E-state index in [1.807, 2.05) is 35.9 Å². The first-order valence-corrected chi connectivity index (χ1v) is 5.50. The van der Waals surface area contributed by atoms with E-state index >= 15 is 0 Å². The van der Waals surface area contributed by atoms with E-state index in [1.165, 1.54) is 0 Å². The van der Waals surface area contributed by atoms with Gasteiger partial charge in [-0.3, -0.25) is 4.68 Å². The minimum atomic E-state index is 0.373. The molecule has 1 aromatic carbocycles. The van der Waals surface area contributed by atoms with Crippen LogP contribution in [0.5, 0.6) is 0 Å². The number of benzene rings is 1. The molecule has 0 aliphatic carbocycles. The lowest BCUT2D eigenvalue weighted by Gasteiger charge is -2.04. The summed E-state index contributed by atoms with van der Waals surface area (Å²) in [5.41, 5.74) is 9.97. The van der Waals surface area contributed by atoms with Gasteiger partial charge >= 0.3 is 0 Å². The van der Waals surface area contributed by atoms with Gasteiger partial charge in [0.1, 0.15) is 0 Å². The Morgan fingerprint density at radius 1 is 1.19 bits per heavy atom. The summed E-state index contributed by atoms with van der Waals surface area (Å²) in [6.45, 7) is 6.25. The van der Waals surface area contributed by atoms with Crippen molar-refractivity contribution in [2.45, 2.75) is 26.8 Å². The SMILES string of the molecule is Cc1nn(C(C)C)cc1-c1ccccc1N. The second kappa shape index (κ2) is 4.00. The van der Waals surface area contributed by atoms with Crippen molar-refractivity contribution in [2.75, 3.05) is 5.73 Å². The largest absolute Gasteiger partial charge is 0.398 e. The zero-order chi connectivity index (χ0) is 11.7. The molecule has 0 spiro atoms. The van der Waals surface area contributed by atoms with E-state index in [2.05, 4.69) is 25.1 Å². The zero-order valence-electron chi connectivity index (χ0n) is 9.94. The smallest absolute Gasteiger partial charge is 0.0672 e. The van der Waals surface area contributed by atoms with Crippen molar-refractivity contribution >= 4 is 5.69 Å². The van der Waals surface area contributed by atoms with Gasteiger partial charge in [-0.1, -0.05) is 18.2 Å². The van der Waals surface area contributed by atoms with Gasteiger partial charge in [0.2, 0.25) is 0 Å². The number of para-hydroxylation sites is 1. The lowest BCUT2D eigenvalue weighted by molar-refractivity contribution is 0.529. The van der Waals surface area contributed by atoms with Gasteiger partial charge in [0.15, 0.2) is 0 Å². The molecule has 3 heteroatoms. The molecule has 0 amide bonds. The van der Waals surface area contributed by atoms with Crippen LogP contribution in [0.15, 0.2) is 30.5 Å². The number of anilines is 1. The van der Waals surface area contributed by atoms with Crippen LogP contribution in [0, 0.1) is 6.92 Å². The second-order valence-electron chi connectivity index (χ2n) is 4.29. The monoisotopic (exact) mass is 215 g/mol. The van der Waals surface area contributed by atoms with Gasteiger partial charge in [-0.25, -0.2) is 0 Å². The molecule has 2 rings (SSSR count). The Morgan fingerprint density at radius 3 is 2.44 bits per heavy atom. The van der Waals surface area contributed by atoms with Crippen LogP contribution in [0.3, 0.4) is 0 Å². The first-order chi connectivity index (χ1) is 7.59. The molecule has 3 nitrogen and oxygen atoms in total. The molecular formula is C13H17N3. The van der Waals surface area contributed by atoms with E-state index in [1.54, 1.807) is 0 Å². The topological polar surface area (TPSA) is 43.8 Å². The fourth-order valence-electron chi connectivity index (χ4n) is 1.75. The van der Waals surface area contributed by atoms with E-state index < -0.39 is 0 Å². The molecule has 0 unspecified atom stereocenters. The van der Waals surface area contributed by atoms with Crippen LogP contribution < -0.4 is 5.73 Å². The summed E-state index contributed by atoms with van der Waals surface area (Å²) in [5.74, 6) is 0. The summed E-state index contributed by atoms with van der Waals surface area (Å²) in [6, 6.07) is 8.27. The number of aryl methyl sites for hydroxylation is 1. The van der Waals surface area contributed by atoms with Crippen molar-refractivity contribution in [2.24, 2.45) is 0 Å². The molecule has 1 aromatic heterocycles. The zero-order valence-corrected chi connectivity index (χ0v) is 9.94. The summed E-state index contributed by atoms with van der Waals surface area (Å²) in [7, 11) is 0.